The normalized spacial score (nSPS) is 25.6. The number of amides is 1. The van der Waals surface area contributed by atoms with Gasteiger partial charge < -0.3 is 15.4 Å². The molecule has 1 amide bonds. The topological polar surface area (TPSA) is 109 Å². The van der Waals surface area contributed by atoms with Crippen molar-refractivity contribution in [1.82, 2.24) is 30.1 Å². The maximum atomic E-state index is 15.1. The van der Waals surface area contributed by atoms with Crippen LogP contribution in [-0.4, -0.2) is 48.7 Å². The quantitative estimate of drug-likeness (QED) is 0.540. The third-order valence-electron chi connectivity index (χ3n) is 7.23. The Hall–Kier alpha value is -3.17. The first-order valence-electron chi connectivity index (χ1n) is 11.8. The second-order valence-corrected chi connectivity index (χ2v) is 9.79. The first-order valence-corrected chi connectivity index (χ1v) is 11.8. The number of hydrogen-bond acceptors (Lipinski definition) is 6. The number of anilines is 2. The molecule has 3 aromatic heterocycles. The van der Waals surface area contributed by atoms with E-state index in [2.05, 4.69) is 25.8 Å². The van der Waals surface area contributed by atoms with Crippen molar-refractivity contribution in [3.63, 3.8) is 0 Å². The van der Waals surface area contributed by atoms with Crippen molar-refractivity contribution in [2.75, 3.05) is 5.32 Å². The zero-order chi connectivity index (χ0) is 22.6. The number of hydrogen-bond donors (Lipinski definition) is 3. The Morgan fingerprint density at radius 3 is 3.00 bits per heavy atom. The van der Waals surface area contributed by atoms with Gasteiger partial charge >= 0.3 is 6.09 Å². The van der Waals surface area contributed by atoms with Crippen LogP contribution in [0.2, 0.25) is 0 Å². The minimum Gasteiger partial charge on any atom is -0.443 e. The second-order valence-electron chi connectivity index (χ2n) is 9.79. The molecule has 0 aliphatic heterocycles. The predicted octanol–water partition coefficient (Wildman–Crippen LogP) is 3.94. The lowest BCUT2D eigenvalue weighted by molar-refractivity contribution is 0.0546. The summed E-state index contributed by atoms with van der Waals surface area (Å²) in [5, 5.41) is 18.1. The number of nitrogens with one attached hydrogen (secondary N) is 3. The van der Waals surface area contributed by atoms with Crippen LogP contribution in [0.1, 0.15) is 68.3 Å². The molecule has 174 valence electrons. The molecule has 3 aliphatic rings. The lowest BCUT2D eigenvalue weighted by atomic mass is 9.97. The Labute approximate surface area is 190 Å². The Kier molecular flexibility index (Phi) is 4.77. The summed E-state index contributed by atoms with van der Waals surface area (Å²) >= 11 is 0. The number of alkyl carbamates (subject to hydrolysis) is 1. The van der Waals surface area contributed by atoms with Gasteiger partial charge in [0.1, 0.15) is 17.8 Å². The number of ether oxygens (including phenoxy) is 1. The molecule has 3 atom stereocenters. The molecule has 10 heteroatoms. The van der Waals surface area contributed by atoms with Crippen LogP contribution >= 0.6 is 0 Å². The summed E-state index contributed by atoms with van der Waals surface area (Å²) in [4.78, 5) is 16.6. The van der Waals surface area contributed by atoms with Crippen LogP contribution in [0.5, 0.6) is 0 Å². The van der Waals surface area contributed by atoms with Gasteiger partial charge in [-0.2, -0.15) is 10.2 Å². The standard InChI is InChI=1S/C23H28FN7O2/c1-23(8-9-23)27-22(32)33-17-7-6-13(19(17)24)16-12-18(29-28-16)26-21-20-14-4-2-3-5-15(14)30-31(20)11-10-25-21/h10-13,17,19H,2-9H2,1H3,(H,27,32)(H2,25,26,28,29)/t13-,17-,19-/m1/s1. The number of rotatable bonds is 5. The van der Waals surface area contributed by atoms with Crippen molar-refractivity contribution in [2.24, 2.45) is 0 Å². The molecule has 0 spiro atoms. The maximum absolute atomic E-state index is 15.1. The summed E-state index contributed by atoms with van der Waals surface area (Å²) in [6.45, 7) is 1.97. The minimum absolute atomic E-state index is 0.184. The molecule has 0 aromatic carbocycles. The Morgan fingerprint density at radius 2 is 2.15 bits per heavy atom. The Morgan fingerprint density at radius 1 is 1.30 bits per heavy atom. The van der Waals surface area contributed by atoms with Gasteiger partial charge in [-0.15, -0.1) is 0 Å². The minimum atomic E-state index is -1.28. The van der Waals surface area contributed by atoms with Crippen molar-refractivity contribution in [3.05, 3.63) is 35.4 Å². The van der Waals surface area contributed by atoms with Crippen molar-refractivity contribution >= 4 is 23.2 Å². The predicted molar refractivity (Wildman–Crippen MR) is 119 cm³/mol. The summed E-state index contributed by atoms with van der Waals surface area (Å²) < 4.78 is 22.4. The summed E-state index contributed by atoms with van der Waals surface area (Å²) in [5.74, 6) is 0.877. The smallest absolute Gasteiger partial charge is 0.407 e. The van der Waals surface area contributed by atoms with Gasteiger partial charge in [-0.25, -0.2) is 18.7 Å². The van der Waals surface area contributed by atoms with Crippen molar-refractivity contribution in [3.8, 4) is 0 Å². The maximum Gasteiger partial charge on any atom is 0.407 e. The van der Waals surface area contributed by atoms with E-state index in [0.717, 1.165) is 49.7 Å². The Bertz CT molecular complexity index is 1200. The number of aromatic nitrogens is 5. The third-order valence-corrected chi connectivity index (χ3v) is 7.23. The lowest BCUT2D eigenvalue weighted by Crippen LogP contribution is -2.38. The highest BCUT2D eigenvalue weighted by atomic mass is 19.1. The van der Waals surface area contributed by atoms with E-state index >= 15 is 4.39 Å². The van der Waals surface area contributed by atoms with E-state index in [1.165, 1.54) is 5.56 Å². The van der Waals surface area contributed by atoms with E-state index in [-0.39, 0.29) is 5.54 Å². The molecular formula is C23H28FN7O2. The summed E-state index contributed by atoms with van der Waals surface area (Å²) in [6.07, 6.45) is 8.25. The highest BCUT2D eigenvalue weighted by molar-refractivity contribution is 5.76. The largest absolute Gasteiger partial charge is 0.443 e. The number of H-pyrrole nitrogens is 1. The molecule has 0 bridgehead atoms. The van der Waals surface area contributed by atoms with Crippen LogP contribution in [0.3, 0.4) is 0 Å². The van der Waals surface area contributed by atoms with Crippen LogP contribution < -0.4 is 10.6 Å². The summed E-state index contributed by atoms with van der Waals surface area (Å²) in [6, 6.07) is 1.82. The zero-order valence-electron chi connectivity index (χ0n) is 18.6. The SMILES string of the molecule is CC1(NC(=O)O[C@@H]2CC[C@H](c3cc(Nc4nccn5nc6c(c45)CCCC6)n[nH]3)[C@H]2F)CC1. The number of alkyl halides is 1. The van der Waals surface area contributed by atoms with Crippen molar-refractivity contribution in [1.29, 1.82) is 0 Å². The molecule has 9 nitrogen and oxygen atoms in total. The summed E-state index contributed by atoms with van der Waals surface area (Å²) in [7, 11) is 0. The molecule has 0 radical (unpaired) electrons. The van der Waals surface area contributed by atoms with E-state index < -0.39 is 24.3 Å². The molecule has 3 aromatic rings. The number of nitrogens with zero attached hydrogens (tertiary/aromatic N) is 4. The molecule has 3 N–H and O–H groups in total. The Balaban J connectivity index is 1.16. The van der Waals surface area contributed by atoms with Crippen LogP contribution in [0, 0.1) is 0 Å². The molecule has 2 saturated carbocycles. The average Bonchev–Trinajstić information content (AvgIpc) is 3.13. The van der Waals surface area contributed by atoms with Crippen LogP contribution in [0.15, 0.2) is 18.5 Å². The van der Waals surface area contributed by atoms with Crippen molar-refractivity contribution in [2.45, 2.75) is 82.0 Å². The van der Waals surface area contributed by atoms with Gasteiger partial charge in [0.25, 0.3) is 0 Å². The zero-order valence-corrected chi connectivity index (χ0v) is 18.6. The fourth-order valence-corrected chi connectivity index (χ4v) is 5.07. The van der Waals surface area contributed by atoms with Gasteiger partial charge in [0, 0.05) is 41.2 Å². The first kappa shape index (κ1) is 20.4. The molecule has 6 rings (SSSR count). The van der Waals surface area contributed by atoms with E-state index in [1.807, 2.05) is 23.7 Å². The van der Waals surface area contributed by atoms with E-state index in [9.17, 15) is 4.79 Å². The number of aryl methyl sites for hydroxylation is 2. The van der Waals surface area contributed by atoms with E-state index in [1.54, 1.807) is 6.20 Å². The molecule has 0 saturated heterocycles. The number of halogens is 1. The van der Waals surface area contributed by atoms with E-state index in [4.69, 9.17) is 9.84 Å². The molecular weight excluding hydrogens is 425 g/mol. The number of carbonyl (C=O) groups is 1. The highest BCUT2D eigenvalue weighted by Crippen LogP contribution is 2.39. The van der Waals surface area contributed by atoms with Crippen LogP contribution in [0.25, 0.3) is 5.52 Å². The fourth-order valence-electron chi connectivity index (χ4n) is 5.07. The van der Waals surface area contributed by atoms with Crippen molar-refractivity contribution < 1.29 is 13.9 Å². The van der Waals surface area contributed by atoms with Gasteiger partial charge in [-0.05, 0) is 58.3 Å². The molecule has 3 heterocycles. The molecule has 0 unspecified atom stereocenters. The third kappa shape index (κ3) is 3.81. The number of fused-ring (bicyclic) bond motifs is 3. The van der Waals surface area contributed by atoms with Gasteiger partial charge in [0.05, 0.1) is 5.69 Å². The molecule has 33 heavy (non-hydrogen) atoms. The van der Waals surface area contributed by atoms with Crippen LogP contribution in [0.4, 0.5) is 20.8 Å². The number of carbonyl (C=O) groups excluding carboxylic acids is 1. The monoisotopic (exact) mass is 453 g/mol. The number of aromatic amines is 1. The molecule has 3 aliphatic carbocycles. The van der Waals surface area contributed by atoms with E-state index in [0.29, 0.717) is 30.2 Å². The average molecular weight is 454 g/mol. The first-order chi connectivity index (χ1) is 16.0. The lowest BCUT2D eigenvalue weighted by Gasteiger charge is -2.19. The highest BCUT2D eigenvalue weighted by Gasteiger charge is 2.43. The summed E-state index contributed by atoms with van der Waals surface area (Å²) in [5.41, 5.74) is 3.86. The van der Waals surface area contributed by atoms with Gasteiger partial charge in [-0.3, -0.25) is 5.10 Å². The fraction of sp³-hybridized carbons (Fsp3) is 0.565. The van der Waals surface area contributed by atoms with Gasteiger partial charge in [-0.1, -0.05) is 0 Å². The molecule has 2 fully saturated rings. The second kappa shape index (κ2) is 7.71. The van der Waals surface area contributed by atoms with Crippen LogP contribution in [-0.2, 0) is 17.6 Å². The van der Waals surface area contributed by atoms with Gasteiger partial charge in [0.2, 0.25) is 0 Å². The van der Waals surface area contributed by atoms with Gasteiger partial charge in [0.15, 0.2) is 11.6 Å².